The molecule has 1 aromatic carbocycles. The summed E-state index contributed by atoms with van der Waals surface area (Å²) >= 11 is 0. The second-order valence-corrected chi connectivity index (χ2v) is 3.53. The molecule has 0 atom stereocenters. The highest BCUT2D eigenvalue weighted by Crippen LogP contribution is 2.26. The molecule has 0 aliphatic heterocycles. The number of hydrogen-bond acceptors (Lipinski definition) is 0. The molecule has 89 valence electrons. The first-order chi connectivity index (χ1) is 8.02. The van der Waals surface area contributed by atoms with Crippen molar-refractivity contribution in [1.29, 1.82) is 0 Å². The van der Waals surface area contributed by atoms with Crippen molar-refractivity contribution in [3.8, 4) is 0 Å². The van der Waals surface area contributed by atoms with Crippen LogP contribution in [0.1, 0.15) is 12.0 Å². The van der Waals surface area contributed by atoms with Gasteiger partial charge in [-0.25, -0.2) is 22.0 Å². The van der Waals surface area contributed by atoms with Crippen LogP contribution in [-0.2, 0) is 6.42 Å². The topological polar surface area (TPSA) is 0 Å². The van der Waals surface area contributed by atoms with Crippen molar-refractivity contribution in [2.75, 3.05) is 0 Å². The maximum atomic E-state index is 13.3. The minimum absolute atomic E-state index is 0.359. The third-order valence-corrected chi connectivity index (χ3v) is 2.43. The van der Waals surface area contributed by atoms with Gasteiger partial charge in [0.1, 0.15) is 0 Å². The van der Waals surface area contributed by atoms with Crippen LogP contribution in [0.2, 0.25) is 0 Å². The van der Waals surface area contributed by atoms with Crippen LogP contribution in [0.4, 0.5) is 22.0 Å². The summed E-state index contributed by atoms with van der Waals surface area (Å²) in [5.41, 5.74) is -0.413. The molecule has 0 bridgehead atoms. The lowest BCUT2D eigenvalue weighted by Gasteiger charge is -2.07. The van der Waals surface area contributed by atoms with E-state index in [9.17, 15) is 22.0 Å². The minimum Gasteiger partial charge on any atom is -0.203 e. The van der Waals surface area contributed by atoms with E-state index in [0.717, 1.165) is 0 Å². The highest BCUT2D eigenvalue weighted by Gasteiger charge is 2.25. The monoisotopic (exact) mass is 245 g/mol. The van der Waals surface area contributed by atoms with Gasteiger partial charge in [-0.3, -0.25) is 0 Å². The molecule has 0 unspecified atom stereocenters. The molecule has 17 heavy (non-hydrogen) atoms. The number of hydrogen-bond donors (Lipinski definition) is 0. The van der Waals surface area contributed by atoms with Crippen molar-refractivity contribution >= 4 is 0 Å². The van der Waals surface area contributed by atoms with Crippen LogP contribution in [0.5, 0.6) is 0 Å². The van der Waals surface area contributed by atoms with Crippen LogP contribution in [0.3, 0.4) is 0 Å². The quantitative estimate of drug-likeness (QED) is 0.424. The van der Waals surface area contributed by atoms with Crippen LogP contribution in [0.15, 0.2) is 17.7 Å². The van der Waals surface area contributed by atoms with Gasteiger partial charge in [0.15, 0.2) is 23.3 Å². The fourth-order valence-corrected chi connectivity index (χ4v) is 1.57. The van der Waals surface area contributed by atoms with Gasteiger partial charge in [-0.05, 0) is 18.1 Å². The Bertz CT molecular complexity index is 499. The molecule has 1 aliphatic rings. The Morgan fingerprint density at radius 3 is 1.88 bits per heavy atom. The third kappa shape index (κ3) is 1.97. The summed E-state index contributed by atoms with van der Waals surface area (Å²) in [6, 6.07) is 0. The average Bonchev–Trinajstić information content (AvgIpc) is 2.82. The molecular formula is C12H6F5. The first-order valence-corrected chi connectivity index (χ1v) is 4.79. The molecule has 0 spiro atoms. The van der Waals surface area contributed by atoms with Gasteiger partial charge in [-0.1, -0.05) is 12.2 Å². The average molecular weight is 245 g/mol. The maximum absolute atomic E-state index is 13.3. The van der Waals surface area contributed by atoms with Crippen molar-refractivity contribution in [3.63, 3.8) is 0 Å². The van der Waals surface area contributed by atoms with Crippen LogP contribution in [0.25, 0.3) is 0 Å². The molecule has 0 amide bonds. The van der Waals surface area contributed by atoms with E-state index in [1.54, 1.807) is 6.08 Å². The number of benzene rings is 1. The van der Waals surface area contributed by atoms with Gasteiger partial charge in [-0.15, -0.1) is 0 Å². The van der Waals surface area contributed by atoms with E-state index in [1.165, 1.54) is 6.08 Å². The van der Waals surface area contributed by atoms with Crippen LogP contribution in [-0.4, -0.2) is 0 Å². The fourth-order valence-electron chi connectivity index (χ4n) is 1.57. The third-order valence-electron chi connectivity index (χ3n) is 2.43. The van der Waals surface area contributed by atoms with Crippen molar-refractivity contribution in [2.24, 2.45) is 0 Å². The Labute approximate surface area is 94.1 Å². The SMILES string of the molecule is Fc1c(F)c(F)c(CC2=[C]CC=C2)c(F)c1F. The van der Waals surface area contributed by atoms with E-state index in [4.69, 9.17) is 0 Å². The highest BCUT2D eigenvalue weighted by atomic mass is 19.2. The summed E-state index contributed by atoms with van der Waals surface area (Å²) in [4.78, 5) is 0. The minimum atomic E-state index is -2.14. The molecule has 1 aliphatic carbocycles. The van der Waals surface area contributed by atoms with Crippen molar-refractivity contribution in [3.05, 3.63) is 58.5 Å². The molecule has 0 aromatic heterocycles. The van der Waals surface area contributed by atoms with E-state index in [0.29, 0.717) is 12.0 Å². The molecule has 0 N–H and O–H groups in total. The normalized spacial score (nSPS) is 14.3. The summed E-state index contributed by atoms with van der Waals surface area (Å²) in [5.74, 6) is -9.53. The lowest BCUT2D eigenvalue weighted by Crippen LogP contribution is -2.07. The predicted molar refractivity (Wildman–Crippen MR) is 50.4 cm³/mol. The Balaban J connectivity index is 2.50. The molecule has 5 heteroatoms. The smallest absolute Gasteiger partial charge is 0.200 e. The van der Waals surface area contributed by atoms with Crippen molar-refractivity contribution in [1.82, 2.24) is 0 Å². The number of rotatable bonds is 2. The summed E-state index contributed by atoms with van der Waals surface area (Å²) in [7, 11) is 0. The van der Waals surface area contributed by atoms with E-state index in [1.807, 2.05) is 0 Å². The van der Waals surface area contributed by atoms with E-state index in [2.05, 4.69) is 6.08 Å². The Kier molecular flexibility index (Phi) is 3.00. The van der Waals surface area contributed by atoms with E-state index in [-0.39, 0.29) is 6.42 Å². The van der Waals surface area contributed by atoms with Crippen LogP contribution < -0.4 is 0 Å². The first-order valence-electron chi connectivity index (χ1n) is 4.79. The van der Waals surface area contributed by atoms with Crippen molar-refractivity contribution in [2.45, 2.75) is 12.8 Å². The zero-order valence-corrected chi connectivity index (χ0v) is 8.46. The molecule has 0 heterocycles. The van der Waals surface area contributed by atoms with Gasteiger partial charge < -0.3 is 0 Å². The van der Waals surface area contributed by atoms with Crippen molar-refractivity contribution < 1.29 is 22.0 Å². The van der Waals surface area contributed by atoms with E-state index < -0.39 is 34.6 Å². The maximum Gasteiger partial charge on any atom is 0.200 e. The second-order valence-electron chi connectivity index (χ2n) is 3.53. The zero-order chi connectivity index (χ0) is 12.6. The van der Waals surface area contributed by atoms with E-state index >= 15 is 0 Å². The van der Waals surface area contributed by atoms with Crippen LogP contribution >= 0.6 is 0 Å². The van der Waals surface area contributed by atoms with Gasteiger partial charge in [0.25, 0.3) is 0 Å². The Morgan fingerprint density at radius 2 is 1.41 bits per heavy atom. The summed E-state index contributed by atoms with van der Waals surface area (Å²) in [6.07, 6.45) is 6.09. The zero-order valence-electron chi connectivity index (χ0n) is 8.46. The fraction of sp³-hybridized carbons (Fsp3) is 0.167. The second kappa shape index (κ2) is 4.31. The molecule has 2 rings (SSSR count). The largest absolute Gasteiger partial charge is 0.203 e. The summed E-state index contributed by atoms with van der Waals surface area (Å²) < 4.78 is 65.0. The number of allylic oxidation sites excluding steroid dienone is 4. The Morgan fingerprint density at radius 1 is 0.882 bits per heavy atom. The molecule has 1 radical (unpaired) electrons. The number of halogens is 5. The standard InChI is InChI=1S/C12H6F5/c13-8-7(5-6-3-1-2-4-6)9(14)11(16)12(17)10(8)15/h1,3H,2,5H2. The summed E-state index contributed by atoms with van der Waals surface area (Å²) in [6.45, 7) is 0. The van der Waals surface area contributed by atoms with Gasteiger partial charge in [0.2, 0.25) is 5.82 Å². The molecule has 0 fully saturated rings. The first kappa shape index (κ1) is 11.8. The van der Waals surface area contributed by atoms with Crippen LogP contribution in [0, 0.1) is 35.2 Å². The molecule has 0 saturated heterocycles. The lowest BCUT2D eigenvalue weighted by atomic mass is 10.0. The predicted octanol–water partition coefficient (Wildman–Crippen LogP) is 3.61. The van der Waals surface area contributed by atoms with Gasteiger partial charge in [0.05, 0.1) is 0 Å². The molecule has 1 aromatic rings. The van der Waals surface area contributed by atoms with Gasteiger partial charge in [-0.2, -0.15) is 0 Å². The molecule has 0 nitrogen and oxygen atoms in total. The van der Waals surface area contributed by atoms with Gasteiger partial charge in [0, 0.05) is 12.0 Å². The highest BCUT2D eigenvalue weighted by molar-refractivity contribution is 5.33. The molecule has 0 saturated carbocycles. The molecular weight excluding hydrogens is 239 g/mol. The van der Waals surface area contributed by atoms with Gasteiger partial charge >= 0.3 is 0 Å². The summed E-state index contributed by atoms with van der Waals surface area (Å²) in [5, 5.41) is 0. The Hall–Kier alpha value is -1.65. The lowest BCUT2D eigenvalue weighted by molar-refractivity contribution is 0.371.